The summed E-state index contributed by atoms with van der Waals surface area (Å²) in [7, 11) is 0. The molecule has 3 N–H and O–H groups in total. The molecule has 0 amide bonds. The van der Waals surface area contributed by atoms with Crippen LogP contribution >= 0.6 is 0 Å². The second-order valence-corrected chi connectivity index (χ2v) is 4.46. The van der Waals surface area contributed by atoms with Crippen LogP contribution in [0, 0.1) is 6.92 Å². The van der Waals surface area contributed by atoms with Crippen LogP contribution in [0.1, 0.15) is 42.4 Å². The first-order valence-electron chi connectivity index (χ1n) is 5.56. The summed E-state index contributed by atoms with van der Waals surface area (Å²) < 4.78 is 0. The van der Waals surface area contributed by atoms with Crippen molar-refractivity contribution in [1.29, 1.82) is 0 Å². The van der Waals surface area contributed by atoms with Crippen LogP contribution in [0.4, 0.5) is 0 Å². The molecule has 0 bridgehead atoms. The van der Waals surface area contributed by atoms with Gasteiger partial charge in [0, 0.05) is 25.0 Å². The second kappa shape index (κ2) is 5.32. The standard InChI is InChI=1S/C13H20O3/c1-8-4-11(9(2)6-14)13(16)12(5-8)10(3)7-15/h4-5,9-10,14-16H,6-7H2,1-3H3. The molecule has 0 spiro atoms. The smallest absolute Gasteiger partial charge is 0.122 e. The average Bonchev–Trinajstić information content (AvgIpc) is 2.29. The number of phenols is 1. The summed E-state index contributed by atoms with van der Waals surface area (Å²) in [5, 5.41) is 28.4. The quantitative estimate of drug-likeness (QED) is 0.732. The Morgan fingerprint density at radius 1 is 1.00 bits per heavy atom. The number of aromatic hydroxyl groups is 1. The second-order valence-electron chi connectivity index (χ2n) is 4.46. The molecular formula is C13H20O3. The van der Waals surface area contributed by atoms with Crippen molar-refractivity contribution in [3.63, 3.8) is 0 Å². The summed E-state index contributed by atoms with van der Waals surface area (Å²) in [5.41, 5.74) is 2.53. The summed E-state index contributed by atoms with van der Waals surface area (Å²) in [6, 6.07) is 3.76. The molecule has 90 valence electrons. The van der Waals surface area contributed by atoms with E-state index < -0.39 is 0 Å². The molecule has 2 unspecified atom stereocenters. The largest absolute Gasteiger partial charge is 0.507 e. The molecule has 16 heavy (non-hydrogen) atoms. The Balaban J connectivity index is 3.25. The van der Waals surface area contributed by atoms with E-state index in [1.165, 1.54) is 0 Å². The summed E-state index contributed by atoms with van der Waals surface area (Å²) >= 11 is 0. The zero-order valence-corrected chi connectivity index (χ0v) is 10.1. The van der Waals surface area contributed by atoms with Crippen molar-refractivity contribution >= 4 is 0 Å². The molecule has 3 heteroatoms. The van der Waals surface area contributed by atoms with Crippen molar-refractivity contribution in [1.82, 2.24) is 0 Å². The highest BCUT2D eigenvalue weighted by Gasteiger charge is 2.17. The van der Waals surface area contributed by atoms with Gasteiger partial charge < -0.3 is 15.3 Å². The van der Waals surface area contributed by atoms with E-state index in [4.69, 9.17) is 10.2 Å². The molecule has 3 nitrogen and oxygen atoms in total. The van der Waals surface area contributed by atoms with E-state index in [0.717, 1.165) is 16.7 Å². The van der Waals surface area contributed by atoms with Crippen LogP contribution < -0.4 is 0 Å². The minimum absolute atomic E-state index is 0.00393. The van der Waals surface area contributed by atoms with E-state index in [1.54, 1.807) is 0 Å². The number of aliphatic hydroxyl groups excluding tert-OH is 2. The van der Waals surface area contributed by atoms with Crippen LogP contribution in [0.3, 0.4) is 0 Å². The minimum Gasteiger partial charge on any atom is -0.507 e. The van der Waals surface area contributed by atoms with Gasteiger partial charge in [-0.15, -0.1) is 0 Å². The summed E-state index contributed by atoms with van der Waals surface area (Å²) in [4.78, 5) is 0. The molecule has 0 heterocycles. The highest BCUT2D eigenvalue weighted by Crippen LogP contribution is 2.34. The van der Waals surface area contributed by atoms with Gasteiger partial charge in [0.25, 0.3) is 0 Å². The molecular weight excluding hydrogens is 204 g/mol. The van der Waals surface area contributed by atoms with Crippen molar-refractivity contribution in [2.45, 2.75) is 32.6 Å². The predicted molar refractivity (Wildman–Crippen MR) is 63.8 cm³/mol. The van der Waals surface area contributed by atoms with E-state index in [1.807, 2.05) is 32.9 Å². The Bertz CT molecular complexity index is 329. The van der Waals surface area contributed by atoms with Crippen molar-refractivity contribution in [3.05, 3.63) is 28.8 Å². The zero-order valence-electron chi connectivity index (χ0n) is 10.1. The van der Waals surface area contributed by atoms with Gasteiger partial charge in [-0.05, 0) is 18.1 Å². The Hall–Kier alpha value is -1.06. The molecule has 0 saturated carbocycles. The Kier molecular flexibility index (Phi) is 4.33. The maximum atomic E-state index is 10.1. The molecule has 0 fully saturated rings. The van der Waals surface area contributed by atoms with Crippen LogP contribution in [0.2, 0.25) is 0 Å². The number of hydrogen-bond acceptors (Lipinski definition) is 3. The maximum absolute atomic E-state index is 10.1. The van der Waals surface area contributed by atoms with Gasteiger partial charge in [-0.1, -0.05) is 31.5 Å². The fraction of sp³-hybridized carbons (Fsp3) is 0.538. The molecule has 1 rings (SSSR count). The summed E-state index contributed by atoms with van der Waals surface area (Å²) in [5.74, 6) is 0.0165. The number of phenolic OH excluding ortho intramolecular Hbond substituents is 1. The van der Waals surface area contributed by atoms with Crippen LogP contribution in [0.15, 0.2) is 12.1 Å². The van der Waals surface area contributed by atoms with Gasteiger partial charge in [0.15, 0.2) is 0 Å². The molecule has 1 aromatic carbocycles. The Morgan fingerprint density at radius 2 is 1.38 bits per heavy atom. The third-order valence-electron chi connectivity index (χ3n) is 2.92. The molecule has 0 radical (unpaired) electrons. The minimum atomic E-state index is -0.0930. The number of aliphatic hydroxyl groups is 2. The molecule has 0 saturated heterocycles. The van der Waals surface area contributed by atoms with Crippen molar-refractivity contribution in [2.75, 3.05) is 13.2 Å². The first-order chi connectivity index (χ1) is 7.51. The SMILES string of the molecule is Cc1cc(C(C)CO)c(O)c(C(C)CO)c1. The van der Waals surface area contributed by atoms with Gasteiger partial charge in [-0.25, -0.2) is 0 Å². The zero-order chi connectivity index (χ0) is 12.3. The van der Waals surface area contributed by atoms with Crippen LogP contribution in [-0.4, -0.2) is 28.5 Å². The molecule has 0 aliphatic carbocycles. The molecule has 0 aliphatic heterocycles. The van der Waals surface area contributed by atoms with E-state index in [-0.39, 0.29) is 30.8 Å². The van der Waals surface area contributed by atoms with E-state index >= 15 is 0 Å². The van der Waals surface area contributed by atoms with Crippen molar-refractivity contribution in [3.8, 4) is 5.75 Å². The Labute approximate surface area is 96.4 Å². The lowest BCUT2D eigenvalue weighted by atomic mass is 9.91. The van der Waals surface area contributed by atoms with Crippen molar-refractivity contribution < 1.29 is 15.3 Å². The van der Waals surface area contributed by atoms with Crippen LogP contribution in [0.25, 0.3) is 0 Å². The Morgan fingerprint density at radius 3 is 1.69 bits per heavy atom. The third-order valence-corrected chi connectivity index (χ3v) is 2.92. The lowest BCUT2D eigenvalue weighted by Crippen LogP contribution is -2.05. The van der Waals surface area contributed by atoms with Gasteiger partial charge in [0.1, 0.15) is 5.75 Å². The number of aryl methyl sites for hydroxylation is 1. The highest BCUT2D eigenvalue weighted by molar-refractivity contribution is 5.46. The topological polar surface area (TPSA) is 60.7 Å². The maximum Gasteiger partial charge on any atom is 0.122 e. The lowest BCUT2D eigenvalue weighted by molar-refractivity contribution is 0.265. The van der Waals surface area contributed by atoms with Gasteiger partial charge in [-0.3, -0.25) is 0 Å². The normalized spacial score (nSPS) is 14.8. The highest BCUT2D eigenvalue weighted by atomic mass is 16.3. The number of hydrogen-bond donors (Lipinski definition) is 3. The van der Waals surface area contributed by atoms with E-state index in [2.05, 4.69) is 0 Å². The first kappa shape index (κ1) is 13.0. The van der Waals surface area contributed by atoms with E-state index in [0.29, 0.717) is 0 Å². The fourth-order valence-corrected chi connectivity index (χ4v) is 1.78. The van der Waals surface area contributed by atoms with Gasteiger partial charge in [-0.2, -0.15) is 0 Å². The molecule has 0 aromatic heterocycles. The summed E-state index contributed by atoms with van der Waals surface area (Å²) in [6.45, 7) is 5.68. The van der Waals surface area contributed by atoms with Crippen LogP contribution in [0.5, 0.6) is 5.75 Å². The molecule has 2 atom stereocenters. The first-order valence-corrected chi connectivity index (χ1v) is 5.56. The molecule has 1 aromatic rings. The lowest BCUT2D eigenvalue weighted by Gasteiger charge is -2.18. The third kappa shape index (κ3) is 2.54. The van der Waals surface area contributed by atoms with Gasteiger partial charge in [0.05, 0.1) is 0 Å². The van der Waals surface area contributed by atoms with Crippen molar-refractivity contribution in [2.24, 2.45) is 0 Å². The number of benzene rings is 1. The van der Waals surface area contributed by atoms with E-state index in [9.17, 15) is 5.11 Å². The molecule has 0 aliphatic rings. The van der Waals surface area contributed by atoms with Crippen LogP contribution in [-0.2, 0) is 0 Å². The predicted octanol–water partition coefficient (Wildman–Crippen LogP) is 1.89. The number of rotatable bonds is 4. The monoisotopic (exact) mass is 224 g/mol. The summed E-state index contributed by atoms with van der Waals surface area (Å²) in [6.07, 6.45) is 0. The van der Waals surface area contributed by atoms with Gasteiger partial charge >= 0.3 is 0 Å². The average molecular weight is 224 g/mol. The fourth-order valence-electron chi connectivity index (χ4n) is 1.78. The van der Waals surface area contributed by atoms with Gasteiger partial charge in [0.2, 0.25) is 0 Å².